The molecule has 1 aliphatic heterocycles. The number of nitrogens with one attached hydrogen (secondary N) is 1. The predicted octanol–water partition coefficient (Wildman–Crippen LogP) is 6.20. The van der Waals surface area contributed by atoms with Crippen molar-refractivity contribution in [3.05, 3.63) is 109 Å². The maximum Gasteiger partial charge on any atom is 0.416 e. The molecule has 2 aromatic carbocycles. The van der Waals surface area contributed by atoms with Crippen LogP contribution in [-0.2, 0) is 31.0 Å². The summed E-state index contributed by atoms with van der Waals surface area (Å²) in [5, 5.41) is 11.6. The molecule has 0 unspecified atom stereocenters. The molecule has 0 radical (unpaired) electrons. The lowest BCUT2D eigenvalue weighted by atomic mass is 9.99. The van der Waals surface area contributed by atoms with Gasteiger partial charge < -0.3 is 10.2 Å². The molecule has 6 aromatic rings. The zero-order chi connectivity index (χ0) is 34.8. The lowest BCUT2D eigenvalue weighted by Gasteiger charge is -2.34. The van der Waals surface area contributed by atoms with Gasteiger partial charge in [-0.05, 0) is 41.4 Å². The number of halogens is 3. The van der Waals surface area contributed by atoms with Crippen molar-refractivity contribution in [1.29, 1.82) is 0 Å². The van der Waals surface area contributed by atoms with E-state index in [0.717, 1.165) is 77.7 Å². The molecule has 0 spiro atoms. The Bertz CT molecular complexity index is 2120. The molecule has 10 nitrogen and oxygen atoms in total. The van der Waals surface area contributed by atoms with Gasteiger partial charge in [0.25, 0.3) is 0 Å². The molecular weight excluding hydrogens is 643 g/mol. The molecule has 4 aromatic heterocycles. The molecule has 0 aliphatic carbocycles. The van der Waals surface area contributed by atoms with Crippen molar-refractivity contribution in [2.45, 2.75) is 26.1 Å². The molecule has 1 amide bonds. The van der Waals surface area contributed by atoms with Crippen LogP contribution in [0.25, 0.3) is 39.0 Å². The van der Waals surface area contributed by atoms with Gasteiger partial charge in [-0.1, -0.05) is 37.3 Å². The summed E-state index contributed by atoms with van der Waals surface area (Å²) in [7, 11) is 1.86. The molecule has 7 rings (SSSR count). The highest BCUT2D eigenvalue weighted by molar-refractivity contribution is 5.94. The fraction of sp³-hybridized carbons (Fsp3) is 0.270. The van der Waals surface area contributed by atoms with E-state index in [2.05, 4.69) is 37.3 Å². The first-order chi connectivity index (χ1) is 24.1. The van der Waals surface area contributed by atoms with Crippen LogP contribution in [0.4, 0.5) is 18.9 Å². The topological polar surface area (TPSA) is 96.5 Å². The second-order valence-electron chi connectivity index (χ2n) is 12.5. The lowest BCUT2D eigenvalue weighted by molar-refractivity contribution is -0.138. The van der Waals surface area contributed by atoms with E-state index in [4.69, 9.17) is 0 Å². The molecule has 50 heavy (non-hydrogen) atoms. The zero-order valence-corrected chi connectivity index (χ0v) is 27.7. The Hall–Kier alpha value is -5.40. The Balaban J connectivity index is 1.08. The highest BCUT2D eigenvalue weighted by Crippen LogP contribution is 2.36. The molecule has 256 valence electrons. The van der Waals surface area contributed by atoms with E-state index in [1.807, 2.05) is 59.2 Å². The molecule has 1 aliphatic rings. The maximum absolute atomic E-state index is 14.1. The van der Waals surface area contributed by atoms with Crippen molar-refractivity contribution in [3.63, 3.8) is 0 Å². The minimum atomic E-state index is -4.54. The van der Waals surface area contributed by atoms with E-state index in [1.165, 1.54) is 6.07 Å². The number of likely N-dealkylation sites (N-methyl/N-ethyl adjacent to an activating group) is 1. The second-order valence-corrected chi connectivity index (χ2v) is 12.5. The molecule has 13 heteroatoms. The SMILES string of the molecule is CCN1CCN(Cc2ccc(NC(=O)Cc3ccc(-c4cnn5cc(-c6cnn(C)c6)cc(-c6cnccn6)c45)cc3)cc2C(F)(F)F)CC1. The fourth-order valence-corrected chi connectivity index (χ4v) is 6.45. The van der Waals surface area contributed by atoms with E-state index in [0.29, 0.717) is 5.69 Å². The number of pyridine rings is 1. The number of rotatable bonds is 9. The number of benzene rings is 2. The third kappa shape index (κ3) is 7.14. The predicted molar refractivity (Wildman–Crippen MR) is 185 cm³/mol. The summed E-state index contributed by atoms with van der Waals surface area (Å²) in [6, 6.07) is 13.6. The van der Waals surface area contributed by atoms with E-state index in [-0.39, 0.29) is 24.2 Å². The molecule has 1 N–H and O–H groups in total. The quantitative estimate of drug-likeness (QED) is 0.195. The van der Waals surface area contributed by atoms with Crippen molar-refractivity contribution < 1.29 is 18.0 Å². The molecule has 0 bridgehead atoms. The molecule has 0 saturated carbocycles. The van der Waals surface area contributed by atoms with E-state index in [1.54, 1.807) is 41.7 Å². The largest absolute Gasteiger partial charge is 0.416 e. The third-order valence-corrected chi connectivity index (χ3v) is 9.12. The highest BCUT2D eigenvalue weighted by atomic mass is 19.4. The highest BCUT2D eigenvalue weighted by Gasteiger charge is 2.34. The number of anilines is 1. The van der Waals surface area contributed by atoms with E-state index in [9.17, 15) is 18.0 Å². The summed E-state index contributed by atoms with van der Waals surface area (Å²) in [6.07, 6.45) is 7.89. The van der Waals surface area contributed by atoms with Gasteiger partial charge in [-0.3, -0.25) is 24.3 Å². The van der Waals surface area contributed by atoms with Crippen molar-refractivity contribution in [2.75, 3.05) is 38.0 Å². The van der Waals surface area contributed by atoms with Crippen LogP contribution in [0, 0.1) is 0 Å². The smallest absolute Gasteiger partial charge is 0.326 e. The first kappa shape index (κ1) is 33.1. The van der Waals surface area contributed by atoms with Gasteiger partial charge in [0.1, 0.15) is 0 Å². The van der Waals surface area contributed by atoms with Gasteiger partial charge in [-0.2, -0.15) is 23.4 Å². The minimum Gasteiger partial charge on any atom is -0.326 e. The standard InChI is InChI=1S/C37H36F3N9O/c1-3-47-12-14-48(15-13-47)23-27-8-9-30(18-33(27)37(38,39)40)45-35(50)16-25-4-6-26(7-5-25)32-20-44-49-24-28(29-19-43-46(2)22-29)17-31(36(32)49)34-21-41-10-11-42-34/h4-11,17-22,24H,3,12-16,23H2,1-2H3,(H,45,50). The van der Waals surface area contributed by atoms with E-state index < -0.39 is 17.6 Å². The summed E-state index contributed by atoms with van der Waals surface area (Å²) in [5.74, 6) is -0.404. The Morgan fingerprint density at radius 1 is 0.840 bits per heavy atom. The van der Waals surface area contributed by atoms with Crippen molar-refractivity contribution in [3.8, 4) is 33.5 Å². The van der Waals surface area contributed by atoms with E-state index >= 15 is 0 Å². The van der Waals surface area contributed by atoms with Crippen LogP contribution < -0.4 is 5.32 Å². The average Bonchev–Trinajstić information content (AvgIpc) is 3.75. The average molecular weight is 680 g/mol. The molecule has 5 heterocycles. The van der Waals surface area contributed by atoms with Gasteiger partial charge in [0, 0.05) is 92.5 Å². The third-order valence-electron chi connectivity index (χ3n) is 9.12. The maximum atomic E-state index is 14.1. The van der Waals surface area contributed by atoms with Crippen molar-refractivity contribution in [1.82, 2.24) is 39.2 Å². The molecular formula is C37H36F3N9O. The van der Waals surface area contributed by atoms with Crippen molar-refractivity contribution >= 4 is 17.1 Å². The number of carbonyl (C=O) groups excluding carboxylic acids is 1. The normalized spacial score (nSPS) is 14.3. The number of fused-ring (bicyclic) bond motifs is 1. The van der Waals surface area contributed by atoms with Crippen LogP contribution >= 0.6 is 0 Å². The number of hydrogen-bond donors (Lipinski definition) is 1. The summed E-state index contributed by atoms with van der Waals surface area (Å²) < 4.78 is 45.9. The van der Waals surface area contributed by atoms with Crippen molar-refractivity contribution in [2.24, 2.45) is 7.05 Å². The van der Waals surface area contributed by atoms with Crippen LogP contribution in [-0.4, -0.2) is 77.8 Å². The number of nitrogens with zero attached hydrogens (tertiary/aromatic N) is 8. The Kier molecular flexibility index (Phi) is 9.17. The summed E-state index contributed by atoms with van der Waals surface area (Å²) in [5.41, 5.74) is 6.30. The number of aryl methyl sites for hydroxylation is 1. The number of hydrogen-bond acceptors (Lipinski definition) is 7. The zero-order valence-electron chi connectivity index (χ0n) is 27.7. The van der Waals surface area contributed by atoms with Gasteiger partial charge in [0.2, 0.25) is 5.91 Å². The van der Waals surface area contributed by atoms with Gasteiger partial charge in [-0.15, -0.1) is 0 Å². The Morgan fingerprint density at radius 3 is 2.30 bits per heavy atom. The number of aromatic nitrogens is 6. The van der Waals surface area contributed by atoms with Crippen LogP contribution in [0.3, 0.4) is 0 Å². The summed E-state index contributed by atoms with van der Waals surface area (Å²) in [6.45, 7) is 6.34. The Morgan fingerprint density at radius 2 is 1.62 bits per heavy atom. The number of alkyl halides is 3. The monoisotopic (exact) mass is 679 g/mol. The fourth-order valence-electron chi connectivity index (χ4n) is 6.45. The second kappa shape index (κ2) is 13.8. The Labute approximate surface area is 287 Å². The first-order valence-corrected chi connectivity index (χ1v) is 16.5. The summed E-state index contributed by atoms with van der Waals surface area (Å²) in [4.78, 5) is 26.2. The lowest BCUT2D eigenvalue weighted by Crippen LogP contribution is -2.45. The molecule has 1 saturated heterocycles. The van der Waals surface area contributed by atoms with Crippen LogP contribution in [0.5, 0.6) is 0 Å². The minimum absolute atomic E-state index is 0.000819. The van der Waals surface area contributed by atoms with Gasteiger partial charge >= 0.3 is 6.18 Å². The van der Waals surface area contributed by atoms with Gasteiger partial charge in [0.05, 0.1) is 41.8 Å². The number of carbonyl (C=O) groups is 1. The van der Waals surface area contributed by atoms with Gasteiger partial charge in [0.15, 0.2) is 0 Å². The van der Waals surface area contributed by atoms with Gasteiger partial charge in [-0.25, -0.2) is 4.52 Å². The summed E-state index contributed by atoms with van der Waals surface area (Å²) >= 11 is 0. The van der Waals surface area contributed by atoms with Crippen LogP contribution in [0.2, 0.25) is 0 Å². The molecule has 1 fully saturated rings. The number of amides is 1. The first-order valence-electron chi connectivity index (χ1n) is 16.5. The molecule has 0 atom stereocenters. The number of piperazine rings is 1. The van der Waals surface area contributed by atoms with Crippen LogP contribution in [0.15, 0.2) is 91.9 Å². The van der Waals surface area contributed by atoms with Crippen LogP contribution in [0.1, 0.15) is 23.6 Å².